The molecule has 0 unspecified atom stereocenters. The maximum atomic E-state index is 12.6. The fraction of sp³-hybridized carbons (Fsp3) is 0.389. The molecular formula is C18H19ClN2O5S. The van der Waals surface area contributed by atoms with E-state index in [1.807, 2.05) is 0 Å². The van der Waals surface area contributed by atoms with Crippen LogP contribution in [0.1, 0.15) is 18.4 Å². The number of hydrogen-bond donors (Lipinski definition) is 0. The highest BCUT2D eigenvalue weighted by molar-refractivity contribution is 8.18. The van der Waals surface area contributed by atoms with Crippen molar-refractivity contribution < 1.29 is 23.9 Å². The Labute approximate surface area is 166 Å². The minimum Gasteiger partial charge on any atom is -0.493 e. The van der Waals surface area contributed by atoms with Crippen LogP contribution in [0.15, 0.2) is 17.0 Å². The lowest BCUT2D eigenvalue weighted by molar-refractivity contribution is -0.135. The third-order valence-electron chi connectivity index (χ3n) is 4.42. The molecule has 7 nitrogen and oxygen atoms in total. The Hall–Kier alpha value is -2.19. The zero-order chi connectivity index (χ0) is 19.6. The van der Waals surface area contributed by atoms with Crippen LogP contribution in [0, 0.1) is 0 Å². The maximum Gasteiger partial charge on any atom is 0.294 e. The Morgan fingerprint density at radius 2 is 1.81 bits per heavy atom. The number of carbonyl (C=O) groups is 3. The van der Waals surface area contributed by atoms with E-state index in [2.05, 4.69) is 0 Å². The lowest BCUT2D eigenvalue weighted by Crippen LogP contribution is -2.40. The van der Waals surface area contributed by atoms with E-state index in [9.17, 15) is 14.4 Å². The van der Waals surface area contributed by atoms with E-state index in [0.29, 0.717) is 35.2 Å². The number of nitrogens with zero attached hydrogens (tertiary/aromatic N) is 2. The van der Waals surface area contributed by atoms with E-state index in [0.717, 1.165) is 29.5 Å². The molecule has 0 N–H and O–H groups in total. The first kappa shape index (κ1) is 19.6. The molecule has 0 aliphatic carbocycles. The number of imide groups is 1. The highest BCUT2D eigenvalue weighted by Gasteiger charge is 2.37. The number of halogens is 1. The molecule has 0 saturated carbocycles. The molecule has 1 aromatic rings. The second kappa shape index (κ2) is 8.22. The first-order chi connectivity index (χ1) is 12.9. The largest absolute Gasteiger partial charge is 0.493 e. The number of likely N-dealkylation sites (tertiary alicyclic amines) is 1. The quantitative estimate of drug-likeness (QED) is 0.694. The second-order valence-electron chi connectivity index (χ2n) is 6.08. The topological polar surface area (TPSA) is 76.2 Å². The molecule has 3 amide bonds. The van der Waals surface area contributed by atoms with Gasteiger partial charge in [-0.2, -0.15) is 0 Å². The van der Waals surface area contributed by atoms with Crippen LogP contribution < -0.4 is 9.47 Å². The number of amides is 3. The Kier molecular flexibility index (Phi) is 5.96. The first-order valence-electron chi connectivity index (χ1n) is 8.39. The predicted octanol–water partition coefficient (Wildman–Crippen LogP) is 3.02. The summed E-state index contributed by atoms with van der Waals surface area (Å²) in [6.07, 6.45) is 3.42. The van der Waals surface area contributed by atoms with Crippen LogP contribution in [0.5, 0.6) is 11.5 Å². The van der Waals surface area contributed by atoms with Crippen molar-refractivity contribution >= 4 is 46.5 Å². The van der Waals surface area contributed by atoms with Crippen LogP contribution in [0.3, 0.4) is 0 Å². The van der Waals surface area contributed by atoms with E-state index in [-0.39, 0.29) is 17.4 Å². The molecule has 2 aliphatic rings. The van der Waals surface area contributed by atoms with Crippen LogP contribution in [-0.2, 0) is 9.59 Å². The zero-order valence-corrected chi connectivity index (χ0v) is 16.6. The highest BCUT2D eigenvalue weighted by atomic mass is 35.5. The smallest absolute Gasteiger partial charge is 0.294 e. The Balaban J connectivity index is 1.81. The van der Waals surface area contributed by atoms with Gasteiger partial charge in [0.15, 0.2) is 11.5 Å². The van der Waals surface area contributed by atoms with Crippen molar-refractivity contribution in [3.63, 3.8) is 0 Å². The van der Waals surface area contributed by atoms with Gasteiger partial charge in [-0.05, 0) is 42.3 Å². The van der Waals surface area contributed by atoms with E-state index in [1.165, 1.54) is 20.3 Å². The maximum absolute atomic E-state index is 12.6. The van der Waals surface area contributed by atoms with Crippen molar-refractivity contribution in [3.05, 3.63) is 27.6 Å². The van der Waals surface area contributed by atoms with Gasteiger partial charge in [0.2, 0.25) is 5.91 Å². The third kappa shape index (κ3) is 4.06. The summed E-state index contributed by atoms with van der Waals surface area (Å²) < 4.78 is 10.4. The van der Waals surface area contributed by atoms with E-state index < -0.39 is 11.1 Å². The summed E-state index contributed by atoms with van der Waals surface area (Å²) in [5, 5.41) is -0.108. The van der Waals surface area contributed by atoms with Gasteiger partial charge in [-0.25, -0.2) is 0 Å². The van der Waals surface area contributed by atoms with Crippen LogP contribution in [0.25, 0.3) is 6.08 Å². The van der Waals surface area contributed by atoms with Crippen molar-refractivity contribution in [3.8, 4) is 11.5 Å². The Bertz CT molecular complexity index is 820. The van der Waals surface area contributed by atoms with Gasteiger partial charge in [0.1, 0.15) is 6.54 Å². The minimum atomic E-state index is -0.497. The molecule has 2 fully saturated rings. The zero-order valence-electron chi connectivity index (χ0n) is 15.0. The van der Waals surface area contributed by atoms with Gasteiger partial charge in [-0.1, -0.05) is 11.6 Å². The monoisotopic (exact) mass is 410 g/mol. The number of ether oxygens (including phenoxy) is 2. The minimum absolute atomic E-state index is 0.208. The van der Waals surface area contributed by atoms with Gasteiger partial charge in [0.25, 0.3) is 11.1 Å². The van der Waals surface area contributed by atoms with E-state index in [4.69, 9.17) is 21.1 Å². The Morgan fingerprint density at radius 1 is 1.19 bits per heavy atom. The molecule has 3 rings (SSSR count). The van der Waals surface area contributed by atoms with Crippen molar-refractivity contribution in [2.45, 2.75) is 12.8 Å². The standard InChI is InChI=1S/C18H19ClN2O5S/c1-25-13-7-11(12(19)9-14(13)26-2)8-15-17(23)21(18(24)27-15)10-16(22)20-5-3-4-6-20/h7-9H,3-6,10H2,1-2H3/b15-8+. The first-order valence-corrected chi connectivity index (χ1v) is 9.58. The van der Waals surface area contributed by atoms with Crippen molar-refractivity contribution in [2.75, 3.05) is 33.9 Å². The summed E-state index contributed by atoms with van der Waals surface area (Å²) in [5.41, 5.74) is 0.519. The molecule has 2 aliphatic heterocycles. The predicted molar refractivity (Wildman–Crippen MR) is 103 cm³/mol. The third-order valence-corrected chi connectivity index (χ3v) is 5.65. The summed E-state index contributed by atoms with van der Waals surface area (Å²) in [6, 6.07) is 3.21. The van der Waals surface area contributed by atoms with Crippen LogP contribution in [0.2, 0.25) is 5.02 Å². The van der Waals surface area contributed by atoms with Crippen molar-refractivity contribution in [2.24, 2.45) is 0 Å². The molecule has 0 bridgehead atoms. The normalized spacial score (nSPS) is 18.6. The van der Waals surface area contributed by atoms with Crippen LogP contribution in [-0.4, -0.2) is 60.7 Å². The van der Waals surface area contributed by atoms with Gasteiger partial charge in [0, 0.05) is 19.2 Å². The number of methoxy groups -OCH3 is 2. The average Bonchev–Trinajstić information content (AvgIpc) is 3.28. The number of rotatable bonds is 5. The molecule has 2 heterocycles. The average molecular weight is 411 g/mol. The lowest BCUT2D eigenvalue weighted by atomic mass is 10.1. The molecule has 0 atom stereocenters. The molecule has 1 aromatic carbocycles. The van der Waals surface area contributed by atoms with Crippen LogP contribution >= 0.6 is 23.4 Å². The molecule has 0 radical (unpaired) electrons. The summed E-state index contributed by atoms with van der Waals surface area (Å²) in [7, 11) is 2.99. The van der Waals surface area contributed by atoms with Gasteiger partial charge in [0.05, 0.1) is 24.1 Å². The molecule has 2 saturated heterocycles. The van der Waals surface area contributed by atoms with Gasteiger partial charge < -0.3 is 14.4 Å². The SMILES string of the molecule is COc1cc(Cl)c(/C=C2/SC(=O)N(CC(=O)N3CCCC3)C2=O)cc1OC. The van der Waals surface area contributed by atoms with Gasteiger partial charge in [-0.15, -0.1) is 0 Å². The summed E-state index contributed by atoms with van der Waals surface area (Å²) in [4.78, 5) is 40.0. The van der Waals surface area contributed by atoms with Crippen molar-refractivity contribution in [1.29, 1.82) is 0 Å². The molecular weight excluding hydrogens is 392 g/mol. The molecule has 9 heteroatoms. The van der Waals surface area contributed by atoms with E-state index >= 15 is 0 Å². The van der Waals surface area contributed by atoms with E-state index in [1.54, 1.807) is 17.0 Å². The fourth-order valence-corrected chi connectivity index (χ4v) is 4.00. The molecule has 0 aromatic heterocycles. The molecule has 27 heavy (non-hydrogen) atoms. The van der Waals surface area contributed by atoms with Gasteiger partial charge >= 0.3 is 0 Å². The fourth-order valence-electron chi connectivity index (χ4n) is 2.96. The second-order valence-corrected chi connectivity index (χ2v) is 7.48. The summed E-state index contributed by atoms with van der Waals surface area (Å²) >= 11 is 7.04. The summed E-state index contributed by atoms with van der Waals surface area (Å²) in [6.45, 7) is 1.11. The molecule has 0 spiro atoms. The van der Waals surface area contributed by atoms with Crippen LogP contribution in [0.4, 0.5) is 4.79 Å². The van der Waals surface area contributed by atoms with Crippen molar-refractivity contribution in [1.82, 2.24) is 9.80 Å². The number of carbonyl (C=O) groups excluding carboxylic acids is 3. The van der Waals surface area contributed by atoms with Gasteiger partial charge in [-0.3, -0.25) is 19.3 Å². The number of hydrogen-bond acceptors (Lipinski definition) is 6. The number of benzene rings is 1. The lowest BCUT2D eigenvalue weighted by Gasteiger charge is -2.18. The number of thioether (sulfide) groups is 1. The summed E-state index contributed by atoms with van der Waals surface area (Å²) in [5.74, 6) is 0.212. The Morgan fingerprint density at radius 3 is 2.44 bits per heavy atom. The highest BCUT2D eigenvalue weighted by Crippen LogP contribution is 2.37. The molecule has 144 valence electrons.